The first-order chi connectivity index (χ1) is 16.8. The van der Waals surface area contributed by atoms with Gasteiger partial charge in [0.15, 0.2) is 0 Å². The number of hydrogen-bond acceptors (Lipinski definition) is 8. The molecule has 182 valence electrons. The summed E-state index contributed by atoms with van der Waals surface area (Å²) < 4.78 is 5.55. The fourth-order valence-electron chi connectivity index (χ4n) is 3.89. The largest absolute Gasteiger partial charge is 0.508 e. The Bertz CT molecular complexity index is 1290. The number of aromatic hydroxyl groups is 1. The minimum atomic E-state index is -0.397. The van der Waals surface area contributed by atoms with Crippen molar-refractivity contribution in [3.8, 4) is 17.2 Å². The van der Waals surface area contributed by atoms with Crippen LogP contribution < -0.4 is 5.73 Å². The van der Waals surface area contributed by atoms with Crippen molar-refractivity contribution in [1.29, 1.82) is 0 Å². The molecule has 0 spiro atoms. The Morgan fingerprint density at radius 2 is 1.97 bits per heavy atom. The van der Waals surface area contributed by atoms with E-state index in [1.54, 1.807) is 24.3 Å². The normalized spacial score (nSPS) is 16.0. The van der Waals surface area contributed by atoms with Crippen LogP contribution in [0.1, 0.15) is 64.4 Å². The number of aromatic nitrogens is 3. The molecule has 8 nitrogen and oxygen atoms in total. The van der Waals surface area contributed by atoms with Crippen LogP contribution in [0.5, 0.6) is 5.75 Å². The van der Waals surface area contributed by atoms with Crippen LogP contribution in [0.3, 0.4) is 0 Å². The maximum atomic E-state index is 13.2. The molecule has 2 aromatic carbocycles. The van der Waals surface area contributed by atoms with E-state index in [-0.39, 0.29) is 23.6 Å². The van der Waals surface area contributed by atoms with E-state index in [2.05, 4.69) is 34.2 Å². The van der Waals surface area contributed by atoms with Gasteiger partial charge >= 0.3 is 0 Å². The van der Waals surface area contributed by atoms with Crippen molar-refractivity contribution >= 4 is 17.2 Å². The summed E-state index contributed by atoms with van der Waals surface area (Å²) in [5.74, 6) is 0.317. The lowest BCUT2D eigenvalue weighted by atomic mass is 10.1. The summed E-state index contributed by atoms with van der Waals surface area (Å²) in [6.45, 7) is 6.43. The second-order valence-electron chi connectivity index (χ2n) is 8.64. The van der Waals surface area contributed by atoms with Crippen LogP contribution in [-0.2, 0) is 0 Å². The third-order valence-corrected chi connectivity index (χ3v) is 6.68. The molecule has 0 saturated carbocycles. The quantitative estimate of drug-likeness (QED) is 0.403. The highest BCUT2D eigenvalue weighted by molar-refractivity contribution is 7.09. The molecule has 0 radical (unpaired) electrons. The molecule has 1 aliphatic rings. The number of rotatable bonds is 4. The van der Waals surface area contributed by atoms with Crippen LogP contribution >= 0.6 is 11.3 Å². The molecule has 2 aromatic heterocycles. The molecule has 0 unspecified atom stereocenters. The number of benzene rings is 2. The number of likely N-dealkylation sites (tertiary alicyclic amines) is 1. The van der Waals surface area contributed by atoms with Gasteiger partial charge in [-0.15, -0.1) is 21.5 Å². The number of thiazole rings is 1. The van der Waals surface area contributed by atoms with Crippen molar-refractivity contribution in [3.05, 3.63) is 81.6 Å². The number of carbonyl (C=O) groups excluding carboxylic acids is 1. The van der Waals surface area contributed by atoms with Crippen molar-refractivity contribution < 1.29 is 14.3 Å². The standard InChI is InChI=1S/C19H21N5O3S.C7H8/c1-10-9-28-18(21-10)15-4-3-5-24(15)19(26)13-6-12(7-14(25)8-13)17-23-22-16(27-17)11(2)20;1-7-5-3-2-4-6-7/h6-9,11,15,25H,3-5,20H2,1-2H3;2-6H,1H3/t11-,15+;/m0./s1. The molecule has 0 bridgehead atoms. The minimum Gasteiger partial charge on any atom is -0.508 e. The molecule has 1 aliphatic heterocycles. The van der Waals surface area contributed by atoms with Crippen LogP contribution in [0.2, 0.25) is 0 Å². The Morgan fingerprint density at radius 3 is 2.57 bits per heavy atom. The lowest BCUT2D eigenvalue weighted by Gasteiger charge is -2.23. The van der Waals surface area contributed by atoms with Crippen LogP contribution in [0, 0.1) is 13.8 Å². The molecular weight excluding hydrogens is 462 g/mol. The van der Waals surface area contributed by atoms with Crippen LogP contribution in [0.4, 0.5) is 0 Å². The highest BCUT2D eigenvalue weighted by Gasteiger charge is 2.33. The van der Waals surface area contributed by atoms with E-state index in [4.69, 9.17) is 10.2 Å². The summed E-state index contributed by atoms with van der Waals surface area (Å²) in [5.41, 5.74) is 8.88. The fourth-order valence-corrected chi connectivity index (χ4v) is 4.83. The summed E-state index contributed by atoms with van der Waals surface area (Å²) in [4.78, 5) is 19.6. The topological polar surface area (TPSA) is 118 Å². The Balaban J connectivity index is 0.000000356. The van der Waals surface area contributed by atoms with Gasteiger partial charge in [-0.1, -0.05) is 35.9 Å². The molecule has 35 heavy (non-hydrogen) atoms. The number of aryl methyl sites for hydroxylation is 2. The Kier molecular flexibility index (Phi) is 7.57. The van der Waals surface area contributed by atoms with E-state index in [1.807, 2.05) is 35.4 Å². The first kappa shape index (κ1) is 24.6. The number of nitrogens with zero attached hydrogens (tertiary/aromatic N) is 4. The molecule has 0 aliphatic carbocycles. The molecule has 9 heteroatoms. The first-order valence-corrected chi connectivity index (χ1v) is 12.4. The van der Waals surface area contributed by atoms with Crippen LogP contribution in [0.25, 0.3) is 11.5 Å². The molecule has 4 aromatic rings. The van der Waals surface area contributed by atoms with E-state index in [9.17, 15) is 9.90 Å². The van der Waals surface area contributed by atoms with Crippen molar-refractivity contribution in [2.45, 2.75) is 45.7 Å². The summed E-state index contributed by atoms with van der Waals surface area (Å²) in [5, 5.41) is 21.0. The van der Waals surface area contributed by atoms with Crippen molar-refractivity contribution in [1.82, 2.24) is 20.1 Å². The lowest BCUT2D eigenvalue weighted by molar-refractivity contribution is 0.0735. The van der Waals surface area contributed by atoms with Gasteiger partial charge in [0.1, 0.15) is 10.8 Å². The average Bonchev–Trinajstić information content (AvgIpc) is 3.59. The summed E-state index contributed by atoms with van der Waals surface area (Å²) in [7, 11) is 0. The van der Waals surface area contributed by atoms with Gasteiger partial charge in [-0.25, -0.2) is 4.98 Å². The van der Waals surface area contributed by atoms with Crippen LogP contribution in [-0.4, -0.2) is 37.6 Å². The van der Waals surface area contributed by atoms with E-state index in [0.29, 0.717) is 23.6 Å². The number of amides is 1. The molecule has 5 rings (SSSR count). The number of phenolic OH excluding ortho intramolecular Hbond substituents is 1. The molecule has 2 atom stereocenters. The number of carbonyl (C=O) groups is 1. The first-order valence-electron chi connectivity index (χ1n) is 11.5. The maximum Gasteiger partial charge on any atom is 0.254 e. The van der Waals surface area contributed by atoms with Gasteiger partial charge in [-0.05, 0) is 51.8 Å². The van der Waals surface area contributed by atoms with E-state index in [1.165, 1.54) is 17.7 Å². The zero-order valence-electron chi connectivity index (χ0n) is 20.0. The summed E-state index contributed by atoms with van der Waals surface area (Å²) in [6, 6.07) is 14.4. The lowest BCUT2D eigenvalue weighted by Crippen LogP contribution is -2.30. The molecule has 1 amide bonds. The third-order valence-electron chi connectivity index (χ3n) is 5.62. The van der Waals surface area contributed by atoms with Crippen molar-refractivity contribution in [2.24, 2.45) is 5.73 Å². The van der Waals surface area contributed by atoms with Crippen molar-refractivity contribution in [3.63, 3.8) is 0 Å². The smallest absolute Gasteiger partial charge is 0.254 e. The fraction of sp³-hybridized carbons (Fsp3) is 0.308. The average molecular weight is 492 g/mol. The van der Waals surface area contributed by atoms with E-state index < -0.39 is 6.04 Å². The second-order valence-corrected chi connectivity index (χ2v) is 9.53. The SMILES string of the molecule is Cc1ccccc1.Cc1csc([C@H]2CCCN2C(=O)c2cc(O)cc(-c3nnc([C@H](C)N)o3)c2)n1. The van der Waals surface area contributed by atoms with E-state index >= 15 is 0 Å². The zero-order valence-corrected chi connectivity index (χ0v) is 20.8. The zero-order chi connectivity index (χ0) is 24.9. The Morgan fingerprint density at radius 1 is 1.20 bits per heavy atom. The van der Waals surface area contributed by atoms with Crippen LogP contribution in [0.15, 0.2) is 58.3 Å². The van der Waals surface area contributed by atoms with E-state index in [0.717, 1.165) is 23.5 Å². The minimum absolute atomic E-state index is 0.0369. The predicted molar refractivity (Wildman–Crippen MR) is 135 cm³/mol. The van der Waals surface area contributed by atoms with Gasteiger partial charge in [0.2, 0.25) is 11.8 Å². The van der Waals surface area contributed by atoms with Crippen molar-refractivity contribution in [2.75, 3.05) is 6.54 Å². The van der Waals surface area contributed by atoms with Gasteiger partial charge in [0.05, 0.1) is 12.1 Å². The number of phenols is 1. The van der Waals surface area contributed by atoms with Gasteiger partial charge < -0.3 is 20.2 Å². The highest BCUT2D eigenvalue weighted by atomic mass is 32.1. The van der Waals surface area contributed by atoms with Gasteiger partial charge in [-0.2, -0.15) is 0 Å². The van der Waals surface area contributed by atoms with Gasteiger partial charge in [0, 0.05) is 28.7 Å². The van der Waals surface area contributed by atoms with Gasteiger partial charge in [-0.3, -0.25) is 4.79 Å². The molecular formula is C26H29N5O3S. The number of hydrogen-bond donors (Lipinski definition) is 2. The molecule has 1 fully saturated rings. The maximum absolute atomic E-state index is 13.2. The van der Waals surface area contributed by atoms with Gasteiger partial charge in [0.25, 0.3) is 5.91 Å². The summed E-state index contributed by atoms with van der Waals surface area (Å²) in [6.07, 6.45) is 1.80. The monoisotopic (exact) mass is 491 g/mol. The number of nitrogens with two attached hydrogens (primary N) is 1. The second kappa shape index (κ2) is 10.8. The molecule has 1 saturated heterocycles. The molecule has 3 N–H and O–H groups in total. The summed E-state index contributed by atoms with van der Waals surface area (Å²) >= 11 is 1.57. The Hall–Kier alpha value is -3.56. The predicted octanol–water partition coefficient (Wildman–Crippen LogP) is 5.20. The third kappa shape index (κ3) is 5.93. The highest BCUT2D eigenvalue weighted by Crippen LogP contribution is 2.36. The Labute approximate surface area is 208 Å². The molecule has 3 heterocycles.